The van der Waals surface area contributed by atoms with E-state index in [1.54, 1.807) is 14.0 Å². The van der Waals surface area contributed by atoms with E-state index < -0.39 is 38.6 Å². The minimum Gasteiger partial charge on any atom is -0.409 e. The van der Waals surface area contributed by atoms with Crippen LogP contribution >= 0.6 is 0 Å². The molecule has 1 heterocycles. The fourth-order valence-corrected chi connectivity index (χ4v) is 4.44. The Morgan fingerprint density at radius 1 is 1.03 bits per heavy atom. The molecule has 0 fully saturated rings. The van der Waals surface area contributed by atoms with Gasteiger partial charge in [0.25, 0.3) is 5.56 Å². The van der Waals surface area contributed by atoms with E-state index in [0.717, 1.165) is 18.2 Å². The topological polar surface area (TPSA) is 103 Å². The second kappa shape index (κ2) is 10.9. The molecule has 0 radical (unpaired) electrons. The Hall–Kier alpha value is -3.79. The van der Waals surface area contributed by atoms with Crippen molar-refractivity contribution >= 4 is 21.7 Å². The number of halogens is 1. The molecule has 0 unspecified atom stereocenters. The van der Waals surface area contributed by atoms with Crippen molar-refractivity contribution < 1.29 is 27.1 Å². The SMILES string of the molecule is CCS(=O)(=O)Cc1ccc(C(=O)c2ccc(F)cc2)c(-c2cn(C)c(=O)cc2OC(=O)N(C)C(C)(C)C)c1. The lowest BCUT2D eigenvalue weighted by atomic mass is 9.92. The molecule has 1 amide bonds. The summed E-state index contributed by atoms with van der Waals surface area (Å²) in [4.78, 5) is 40.3. The number of benzene rings is 2. The third-order valence-electron chi connectivity index (χ3n) is 6.22. The number of aromatic nitrogens is 1. The molecule has 0 aliphatic rings. The lowest BCUT2D eigenvalue weighted by Gasteiger charge is -2.31. The molecule has 0 atom stereocenters. The Morgan fingerprint density at radius 2 is 1.66 bits per heavy atom. The summed E-state index contributed by atoms with van der Waals surface area (Å²) >= 11 is 0. The van der Waals surface area contributed by atoms with Gasteiger partial charge in [0.2, 0.25) is 0 Å². The van der Waals surface area contributed by atoms with Gasteiger partial charge in [-0.15, -0.1) is 0 Å². The number of rotatable bonds is 7. The van der Waals surface area contributed by atoms with Gasteiger partial charge in [0.1, 0.15) is 11.6 Å². The van der Waals surface area contributed by atoms with Crippen molar-refractivity contribution in [3.63, 3.8) is 0 Å². The number of ether oxygens (including phenoxy) is 1. The molecule has 0 aliphatic heterocycles. The highest BCUT2D eigenvalue weighted by Gasteiger charge is 2.27. The molecule has 2 aromatic carbocycles. The van der Waals surface area contributed by atoms with E-state index in [1.807, 2.05) is 20.8 Å². The number of amides is 1. The van der Waals surface area contributed by atoms with Crippen LogP contribution in [0.4, 0.5) is 9.18 Å². The van der Waals surface area contributed by atoms with Crippen molar-refractivity contribution in [1.82, 2.24) is 9.47 Å². The van der Waals surface area contributed by atoms with E-state index in [4.69, 9.17) is 4.74 Å². The Balaban J connectivity index is 2.25. The second-order valence-electron chi connectivity index (χ2n) is 9.99. The average molecular weight is 543 g/mol. The van der Waals surface area contributed by atoms with Gasteiger partial charge in [-0.1, -0.05) is 19.1 Å². The quantitative estimate of drug-likeness (QED) is 0.405. The molecule has 0 bridgehead atoms. The number of carbonyl (C=O) groups is 2. The molecular formula is C28H31FN2O6S. The van der Waals surface area contributed by atoms with E-state index in [9.17, 15) is 27.2 Å². The maximum absolute atomic E-state index is 13.5. The van der Waals surface area contributed by atoms with Crippen LogP contribution in [0.5, 0.6) is 5.75 Å². The van der Waals surface area contributed by atoms with Crippen molar-refractivity contribution in [2.75, 3.05) is 12.8 Å². The Kier molecular flexibility index (Phi) is 8.26. The number of carbonyl (C=O) groups excluding carboxylic acids is 2. The van der Waals surface area contributed by atoms with E-state index in [0.29, 0.717) is 5.56 Å². The van der Waals surface area contributed by atoms with Crippen molar-refractivity contribution in [2.45, 2.75) is 39.0 Å². The summed E-state index contributed by atoms with van der Waals surface area (Å²) in [6.45, 7) is 6.99. The van der Waals surface area contributed by atoms with Crippen LogP contribution in [0.2, 0.25) is 0 Å². The standard InChI is InChI=1S/C28H31FN2O6S/c1-7-38(35,36)17-18-8-13-21(26(33)19-9-11-20(29)12-10-19)22(14-18)23-16-30(5)25(32)15-24(23)37-27(34)31(6)28(2,3)4/h8-16H,7,17H2,1-6H3. The van der Waals surface area contributed by atoms with Crippen LogP contribution in [-0.2, 0) is 22.6 Å². The Labute approximate surface area is 221 Å². The molecule has 0 spiro atoms. The lowest BCUT2D eigenvalue weighted by Crippen LogP contribution is -2.44. The maximum Gasteiger partial charge on any atom is 0.415 e. The van der Waals surface area contributed by atoms with Crippen molar-refractivity contribution in [3.8, 4) is 16.9 Å². The van der Waals surface area contributed by atoms with Gasteiger partial charge in [0, 0.05) is 54.3 Å². The third-order valence-corrected chi connectivity index (χ3v) is 7.87. The number of hydrogen-bond acceptors (Lipinski definition) is 6. The van der Waals surface area contributed by atoms with Gasteiger partial charge in [-0.2, -0.15) is 0 Å². The van der Waals surface area contributed by atoms with Gasteiger partial charge < -0.3 is 14.2 Å². The molecule has 3 rings (SSSR count). The molecule has 0 saturated carbocycles. The van der Waals surface area contributed by atoms with Crippen molar-refractivity contribution in [3.05, 3.63) is 87.6 Å². The van der Waals surface area contributed by atoms with Gasteiger partial charge in [0.15, 0.2) is 15.6 Å². The summed E-state index contributed by atoms with van der Waals surface area (Å²) < 4.78 is 45.1. The Morgan fingerprint density at radius 3 is 2.24 bits per heavy atom. The molecule has 1 aromatic heterocycles. The second-order valence-corrected chi connectivity index (χ2v) is 12.3. The highest BCUT2D eigenvalue weighted by Crippen LogP contribution is 2.34. The predicted molar refractivity (Wildman–Crippen MR) is 144 cm³/mol. The van der Waals surface area contributed by atoms with Crippen LogP contribution in [0.15, 0.2) is 59.5 Å². The first-order valence-electron chi connectivity index (χ1n) is 11.9. The summed E-state index contributed by atoms with van der Waals surface area (Å²) in [6.07, 6.45) is 0.708. The van der Waals surface area contributed by atoms with Crippen LogP contribution in [0.25, 0.3) is 11.1 Å². The molecule has 0 N–H and O–H groups in total. The number of hydrogen-bond donors (Lipinski definition) is 0. The molecule has 10 heteroatoms. The van der Waals surface area contributed by atoms with Gasteiger partial charge in [-0.3, -0.25) is 9.59 Å². The molecule has 3 aromatic rings. The molecule has 0 saturated heterocycles. The lowest BCUT2D eigenvalue weighted by molar-refractivity contribution is 0.103. The largest absolute Gasteiger partial charge is 0.415 e. The van der Waals surface area contributed by atoms with E-state index in [-0.39, 0.29) is 39.5 Å². The normalized spacial score (nSPS) is 11.8. The highest BCUT2D eigenvalue weighted by molar-refractivity contribution is 7.90. The van der Waals surface area contributed by atoms with Gasteiger partial charge in [-0.25, -0.2) is 17.6 Å². The number of sulfone groups is 1. The minimum atomic E-state index is -3.41. The maximum atomic E-state index is 13.5. The number of pyridine rings is 1. The third kappa shape index (κ3) is 6.55. The van der Waals surface area contributed by atoms with Crippen LogP contribution < -0.4 is 10.3 Å². The minimum absolute atomic E-state index is 0.0690. The predicted octanol–water partition coefficient (Wildman–Crippen LogP) is 4.59. The Bertz CT molecular complexity index is 1540. The van der Waals surface area contributed by atoms with E-state index >= 15 is 0 Å². The average Bonchev–Trinajstić information content (AvgIpc) is 2.84. The first kappa shape index (κ1) is 28.8. The molecule has 202 valence electrons. The highest BCUT2D eigenvalue weighted by atomic mass is 32.2. The van der Waals surface area contributed by atoms with Crippen molar-refractivity contribution in [2.24, 2.45) is 7.05 Å². The van der Waals surface area contributed by atoms with Crippen LogP contribution in [0.3, 0.4) is 0 Å². The van der Waals surface area contributed by atoms with Gasteiger partial charge >= 0.3 is 6.09 Å². The van der Waals surface area contributed by atoms with Crippen LogP contribution in [0, 0.1) is 5.82 Å². The van der Waals surface area contributed by atoms with Gasteiger partial charge in [-0.05, 0) is 62.2 Å². The van der Waals surface area contributed by atoms with Gasteiger partial charge in [0.05, 0.1) is 5.75 Å². The monoisotopic (exact) mass is 542 g/mol. The molecule has 8 nitrogen and oxygen atoms in total. The molecular weight excluding hydrogens is 511 g/mol. The number of nitrogens with zero attached hydrogens (tertiary/aromatic N) is 2. The zero-order chi connectivity index (χ0) is 28.4. The first-order valence-corrected chi connectivity index (χ1v) is 13.8. The zero-order valence-electron chi connectivity index (χ0n) is 22.2. The summed E-state index contributed by atoms with van der Waals surface area (Å²) in [7, 11) is -0.343. The van der Waals surface area contributed by atoms with Crippen molar-refractivity contribution in [1.29, 1.82) is 0 Å². The fraction of sp³-hybridized carbons (Fsp3) is 0.321. The number of ketones is 1. The first-order chi connectivity index (χ1) is 17.6. The summed E-state index contributed by atoms with van der Waals surface area (Å²) in [6, 6.07) is 10.7. The summed E-state index contributed by atoms with van der Waals surface area (Å²) in [5, 5.41) is 0. The van der Waals surface area contributed by atoms with Crippen LogP contribution in [-0.4, -0.2) is 48.1 Å². The van der Waals surface area contributed by atoms with Crippen LogP contribution in [0.1, 0.15) is 49.2 Å². The smallest absolute Gasteiger partial charge is 0.409 e. The summed E-state index contributed by atoms with van der Waals surface area (Å²) in [5.41, 5.74) is 0.256. The van der Waals surface area contributed by atoms with E-state index in [1.165, 1.54) is 53.0 Å². The molecule has 38 heavy (non-hydrogen) atoms. The van der Waals surface area contributed by atoms with E-state index in [2.05, 4.69) is 0 Å². The molecule has 0 aliphatic carbocycles. The summed E-state index contributed by atoms with van der Waals surface area (Å²) in [5.74, 6) is -1.38. The fourth-order valence-electron chi connectivity index (χ4n) is 3.55. The zero-order valence-corrected chi connectivity index (χ0v) is 23.1. The number of aryl methyl sites for hydroxylation is 1.